The van der Waals surface area contributed by atoms with E-state index < -0.39 is 0 Å². The van der Waals surface area contributed by atoms with Crippen LogP contribution in [0.2, 0.25) is 10.0 Å². The number of benzene rings is 2. The molecule has 152 valence electrons. The molecule has 2 N–H and O–H groups in total. The third kappa shape index (κ3) is 3.32. The van der Waals surface area contributed by atoms with Crippen molar-refractivity contribution in [2.24, 2.45) is 0 Å². The number of amides is 1. The van der Waals surface area contributed by atoms with Crippen LogP contribution in [0, 0.1) is 6.92 Å². The zero-order valence-corrected chi connectivity index (χ0v) is 17.5. The molecular weight excluding hydrogens is 427 g/mol. The summed E-state index contributed by atoms with van der Waals surface area (Å²) in [4.78, 5) is 37.4. The number of nitrogens with zero attached hydrogens (tertiary/aromatic N) is 2. The van der Waals surface area contributed by atoms with Gasteiger partial charge in [0.05, 0.1) is 32.3 Å². The molecule has 0 radical (unpaired) electrons. The van der Waals surface area contributed by atoms with Crippen molar-refractivity contribution < 1.29 is 4.79 Å². The standard InChI is InChI=1S/C21H16Cl2N4O3/c1-11-19-16(25-27(21(19)30)17-8-4-7-15(22)20(17)23)10-18(29)26(11)14-6-3-5-13(9-14)24-12(2)28/h3-10,25H,1-2H3,(H,24,28). The summed E-state index contributed by atoms with van der Waals surface area (Å²) in [5.41, 5.74) is 1.60. The lowest BCUT2D eigenvalue weighted by molar-refractivity contribution is -0.114. The van der Waals surface area contributed by atoms with E-state index in [1.54, 1.807) is 49.4 Å². The van der Waals surface area contributed by atoms with Gasteiger partial charge in [0.1, 0.15) is 0 Å². The molecule has 2 heterocycles. The number of aromatic amines is 1. The number of carbonyl (C=O) groups is 1. The van der Waals surface area contributed by atoms with E-state index >= 15 is 0 Å². The molecule has 30 heavy (non-hydrogen) atoms. The predicted molar refractivity (Wildman–Crippen MR) is 119 cm³/mol. The van der Waals surface area contributed by atoms with Crippen molar-refractivity contribution in [3.8, 4) is 11.4 Å². The number of pyridine rings is 1. The molecule has 4 aromatic rings. The Morgan fingerprint density at radius 3 is 2.53 bits per heavy atom. The second-order valence-electron chi connectivity index (χ2n) is 6.75. The Labute approximate surface area is 180 Å². The van der Waals surface area contributed by atoms with Crippen molar-refractivity contribution in [2.45, 2.75) is 13.8 Å². The summed E-state index contributed by atoms with van der Waals surface area (Å²) in [7, 11) is 0. The number of hydrogen-bond donors (Lipinski definition) is 2. The first-order chi connectivity index (χ1) is 14.3. The van der Waals surface area contributed by atoms with E-state index in [-0.39, 0.29) is 22.0 Å². The molecule has 0 atom stereocenters. The quantitative estimate of drug-likeness (QED) is 0.501. The monoisotopic (exact) mass is 442 g/mol. The maximum atomic E-state index is 13.2. The highest BCUT2D eigenvalue weighted by Crippen LogP contribution is 2.28. The minimum Gasteiger partial charge on any atom is -0.326 e. The first-order valence-electron chi connectivity index (χ1n) is 8.97. The number of rotatable bonds is 3. The summed E-state index contributed by atoms with van der Waals surface area (Å²) < 4.78 is 2.69. The van der Waals surface area contributed by atoms with Gasteiger partial charge in [-0.2, -0.15) is 0 Å². The summed E-state index contributed by atoms with van der Waals surface area (Å²) >= 11 is 12.4. The van der Waals surface area contributed by atoms with Crippen molar-refractivity contribution in [2.75, 3.05) is 5.32 Å². The maximum Gasteiger partial charge on any atom is 0.280 e. The van der Waals surface area contributed by atoms with E-state index in [4.69, 9.17) is 23.2 Å². The van der Waals surface area contributed by atoms with Crippen LogP contribution in [0.3, 0.4) is 0 Å². The second-order valence-corrected chi connectivity index (χ2v) is 7.53. The Bertz CT molecular complexity index is 1430. The number of halogens is 2. The lowest BCUT2D eigenvalue weighted by atomic mass is 10.2. The van der Waals surface area contributed by atoms with Crippen LogP contribution >= 0.6 is 23.2 Å². The second kappa shape index (κ2) is 7.51. The Morgan fingerprint density at radius 1 is 1.07 bits per heavy atom. The van der Waals surface area contributed by atoms with Gasteiger partial charge in [-0.05, 0) is 37.3 Å². The third-order valence-corrected chi connectivity index (χ3v) is 5.51. The van der Waals surface area contributed by atoms with Crippen molar-refractivity contribution in [1.82, 2.24) is 14.3 Å². The van der Waals surface area contributed by atoms with Crippen LogP contribution < -0.4 is 16.4 Å². The molecule has 2 aromatic heterocycles. The number of anilines is 1. The lowest BCUT2D eigenvalue weighted by Gasteiger charge is -2.12. The van der Waals surface area contributed by atoms with Gasteiger partial charge in [-0.25, -0.2) is 4.68 Å². The molecule has 0 fully saturated rings. The van der Waals surface area contributed by atoms with Gasteiger partial charge in [-0.1, -0.05) is 35.3 Å². The van der Waals surface area contributed by atoms with E-state index in [1.807, 2.05) is 0 Å². The van der Waals surface area contributed by atoms with Crippen LogP contribution in [0.15, 0.2) is 58.1 Å². The average Bonchev–Trinajstić information content (AvgIpc) is 3.00. The molecule has 4 rings (SSSR count). The van der Waals surface area contributed by atoms with E-state index in [2.05, 4.69) is 10.4 Å². The molecule has 0 aliphatic carbocycles. The predicted octanol–water partition coefficient (Wildman–Crippen LogP) is 4.04. The highest BCUT2D eigenvalue weighted by Gasteiger charge is 2.18. The Kier molecular flexibility index (Phi) is 5.01. The molecule has 0 aliphatic rings. The van der Waals surface area contributed by atoms with Gasteiger partial charge in [-0.15, -0.1) is 0 Å². The number of H-pyrrole nitrogens is 1. The highest BCUT2D eigenvalue weighted by molar-refractivity contribution is 6.43. The van der Waals surface area contributed by atoms with Gasteiger partial charge in [0.2, 0.25) is 5.91 Å². The fourth-order valence-electron chi connectivity index (χ4n) is 3.45. The minimum atomic E-state index is -0.363. The SMILES string of the molecule is CC(=O)Nc1cccc(-n2c(C)c3c(=O)n(-c4cccc(Cl)c4Cl)[nH]c3cc2=O)c1. The molecule has 7 nitrogen and oxygen atoms in total. The molecule has 0 spiro atoms. The Hall–Kier alpha value is -3.29. The van der Waals surface area contributed by atoms with E-state index in [9.17, 15) is 14.4 Å². The van der Waals surface area contributed by atoms with Crippen LogP contribution in [0.1, 0.15) is 12.6 Å². The molecule has 0 unspecified atom stereocenters. The summed E-state index contributed by atoms with van der Waals surface area (Å²) in [6, 6.07) is 13.1. The summed E-state index contributed by atoms with van der Waals surface area (Å²) in [5.74, 6) is -0.224. The molecule has 1 amide bonds. The van der Waals surface area contributed by atoms with Gasteiger partial charge in [0, 0.05) is 24.4 Å². The van der Waals surface area contributed by atoms with Crippen molar-refractivity contribution in [3.05, 3.63) is 85.0 Å². The van der Waals surface area contributed by atoms with Crippen molar-refractivity contribution >= 4 is 45.7 Å². The molecule has 0 saturated heterocycles. The molecule has 0 aliphatic heterocycles. The van der Waals surface area contributed by atoms with Crippen LogP contribution in [0.25, 0.3) is 22.3 Å². The summed E-state index contributed by atoms with van der Waals surface area (Å²) in [6.07, 6.45) is 0. The zero-order valence-electron chi connectivity index (χ0n) is 16.0. The highest BCUT2D eigenvalue weighted by atomic mass is 35.5. The van der Waals surface area contributed by atoms with Crippen LogP contribution in [-0.2, 0) is 4.79 Å². The smallest absolute Gasteiger partial charge is 0.280 e. The maximum absolute atomic E-state index is 13.2. The van der Waals surface area contributed by atoms with Gasteiger partial charge in [-0.3, -0.25) is 24.0 Å². The van der Waals surface area contributed by atoms with Crippen molar-refractivity contribution in [3.63, 3.8) is 0 Å². The van der Waals surface area contributed by atoms with Crippen molar-refractivity contribution in [1.29, 1.82) is 0 Å². The lowest BCUT2D eigenvalue weighted by Crippen LogP contribution is -2.22. The van der Waals surface area contributed by atoms with Gasteiger partial charge >= 0.3 is 0 Å². The molecule has 0 bridgehead atoms. The number of fused-ring (bicyclic) bond motifs is 1. The third-order valence-electron chi connectivity index (χ3n) is 4.70. The number of aryl methyl sites for hydroxylation is 1. The average molecular weight is 443 g/mol. The zero-order chi connectivity index (χ0) is 21.6. The molecule has 0 saturated carbocycles. The molecule has 9 heteroatoms. The fourth-order valence-corrected chi connectivity index (χ4v) is 3.84. The fraction of sp³-hybridized carbons (Fsp3) is 0.0952. The first-order valence-corrected chi connectivity index (χ1v) is 9.73. The normalized spacial score (nSPS) is 11.1. The number of carbonyl (C=O) groups excluding carboxylic acids is 1. The molecule has 2 aromatic carbocycles. The van der Waals surface area contributed by atoms with Crippen LogP contribution in [0.5, 0.6) is 0 Å². The topological polar surface area (TPSA) is 88.9 Å². The molecular formula is C21H16Cl2N4O3. The minimum absolute atomic E-state index is 0.224. The Morgan fingerprint density at radius 2 is 1.80 bits per heavy atom. The Balaban J connectivity index is 1.96. The summed E-state index contributed by atoms with van der Waals surface area (Å²) in [6.45, 7) is 3.09. The number of aromatic nitrogens is 3. The van der Waals surface area contributed by atoms with Gasteiger partial charge < -0.3 is 5.32 Å². The van der Waals surface area contributed by atoms with Crippen LogP contribution in [-0.4, -0.2) is 20.3 Å². The van der Waals surface area contributed by atoms with Crippen LogP contribution in [0.4, 0.5) is 5.69 Å². The number of nitrogens with one attached hydrogen (secondary N) is 2. The van der Waals surface area contributed by atoms with E-state index in [0.29, 0.717) is 38.7 Å². The summed E-state index contributed by atoms with van der Waals surface area (Å²) in [5, 5.41) is 6.50. The van der Waals surface area contributed by atoms with E-state index in [1.165, 1.54) is 22.2 Å². The van der Waals surface area contributed by atoms with Gasteiger partial charge in [0.25, 0.3) is 11.1 Å². The number of hydrogen-bond acceptors (Lipinski definition) is 3. The van der Waals surface area contributed by atoms with E-state index in [0.717, 1.165) is 0 Å². The largest absolute Gasteiger partial charge is 0.326 e. The first kappa shape index (κ1) is 20.0. The van der Waals surface area contributed by atoms with Gasteiger partial charge in [0.15, 0.2) is 0 Å².